The first kappa shape index (κ1) is 20.2. The highest BCUT2D eigenvalue weighted by atomic mass is 127. The standard InChI is InChI=1S/C15H21IN2.2ClH/c1-12(2)10-15(18-8-6-17-7-9-18)13-4-3-5-14(16)11-13;;/h3-5,11,15,17H,1,6-10H2,2H3;2*1H/t15-;;/m1../s1. The van der Waals surface area contributed by atoms with Gasteiger partial charge in [0.15, 0.2) is 0 Å². The zero-order chi connectivity index (χ0) is 13.0. The number of rotatable bonds is 4. The van der Waals surface area contributed by atoms with Crippen LogP contribution < -0.4 is 5.32 Å². The van der Waals surface area contributed by atoms with Crippen molar-refractivity contribution in [3.8, 4) is 0 Å². The third-order valence-corrected chi connectivity index (χ3v) is 4.04. The van der Waals surface area contributed by atoms with E-state index < -0.39 is 0 Å². The van der Waals surface area contributed by atoms with Gasteiger partial charge in [-0.25, -0.2) is 0 Å². The van der Waals surface area contributed by atoms with Gasteiger partial charge in [0.05, 0.1) is 0 Å². The molecule has 1 heterocycles. The number of nitrogens with zero attached hydrogens (tertiary/aromatic N) is 1. The summed E-state index contributed by atoms with van der Waals surface area (Å²) in [7, 11) is 0. The summed E-state index contributed by atoms with van der Waals surface area (Å²) in [4.78, 5) is 2.58. The van der Waals surface area contributed by atoms with Gasteiger partial charge in [-0.15, -0.1) is 31.4 Å². The van der Waals surface area contributed by atoms with Crippen LogP contribution in [0, 0.1) is 3.57 Å². The molecule has 2 rings (SSSR count). The summed E-state index contributed by atoms with van der Waals surface area (Å²) >= 11 is 2.39. The molecule has 0 unspecified atom stereocenters. The summed E-state index contributed by atoms with van der Waals surface area (Å²) in [5.41, 5.74) is 2.68. The van der Waals surface area contributed by atoms with E-state index in [1.54, 1.807) is 0 Å². The van der Waals surface area contributed by atoms with Crippen LogP contribution in [0.15, 0.2) is 36.4 Å². The van der Waals surface area contributed by atoms with Crippen molar-refractivity contribution in [2.75, 3.05) is 26.2 Å². The van der Waals surface area contributed by atoms with Crippen LogP contribution in [0.1, 0.15) is 24.9 Å². The lowest BCUT2D eigenvalue weighted by Crippen LogP contribution is -2.45. The smallest absolute Gasteiger partial charge is 0.0386 e. The highest BCUT2D eigenvalue weighted by molar-refractivity contribution is 14.1. The van der Waals surface area contributed by atoms with Crippen LogP contribution in [0.4, 0.5) is 0 Å². The molecule has 114 valence electrons. The van der Waals surface area contributed by atoms with E-state index in [1.807, 2.05) is 0 Å². The van der Waals surface area contributed by atoms with E-state index in [-0.39, 0.29) is 24.8 Å². The highest BCUT2D eigenvalue weighted by Crippen LogP contribution is 2.28. The van der Waals surface area contributed by atoms with Crippen molar-refractivity contribution < 1.29 is 0 Å². The molecule has 0 radical (unpaired) electrons. The van der Waals surface area contributed by atoms with Crippen LogP contribution in [-0.4, -0.2) is 31.1 Å². The Morgan fingerprint density at radius 1 is 1.35 bits per heavy atom. The van der Waals surface area contributed by atoms with E-state index in [0.717, 1.165) is 32.6 Å². The third-order valence-electron chi connectivity index (χ3n) is 3.37. The molecule has 0 spiro atoms. The van der Waals surface area contributed by atoms with E-state index in [4.69, 9.17) is 0 Å². The second-order valence-electron chi connectivity index (χ2n) is 5.02. The van der Waals surface area contributed by atoms with Crippen LogP contribution >= 0.6 is 47.4 Å². The molecule has 1 aromatic rings. The summed E-state index contributed by atoms with van der Waals surface area (Å²) in [6.45, 7) is 10.7. The maximum Gasteiger partial charge on any atom is 0.0386 e. The van der Waals surface area contributed by atoms with Gasteiger partial charge < -0.3 is 5.32 Å². The molecule has 1 saturated heterocycles. The topological polar surface area (TPSA) is 15.3 Å². The van der Waals surface area contributed by atoms with Crippen molar-refractivity contribution in [2.45, 2.75) is 19.4 Å². The first-order valence-corrected chi connectivity index (χ1v) is 7.59. The van der Waals surface area contributed by atoms with Crippen LogP contribution in [0.5, 0.6) is 0 Å². The van der Waals surface area contributed by atoms with Gasteiger partial charge in [-0.1, -0.05) is 17.7 Å². The fourth-order valence-corrected chi connectivity index (χ4v) is 3.06. The van der Waals surface area contributed by atoms with Crippen LogP contribution in [0.3, 0.4) is 0 Å². The monoisotopic (exact) mass is 428 g/mol. The van der Waals surface area contributed by atoms with Crippen molar-refractivity contribution in [3.63, 3.8) is 0 Å². The zero-order valence-electron chi connectivity index (χ0n) is 11.8. The van der Waals surface area contributed by atoms with Gasteiger partial charge >= 0.3 is 0 Å². The van der Waals surface area contributed by atoms with Gasteiger partial charge in [0.2, 0.25) is 0 Å². The van der Waals surface area contributed by atoms with Gasteiger partial charge in [-0.3, -0.25) is 4.90 Å². The maximum atomic E-state index is 4.09. The lowest BCUT2D eigenvalue weighted by atomic mass is 9.98. The van der Waals surface area contributed by atoms with E-state index in [0.29, 0.717) is 6.04 Å². The van der Waals surface area contributed by atoms with E-state index >= 15 is 0 Å². The Morgan fingerprint density at radius 3 is 2.55 bits per heavy atom. The molecule has 1 N–H and O–H groups in total. The average molecular weight is 429 g/mol. The SMILES string of the molecule is C=C(C)C[C@H](c1cccc(I)c1)N1CCNCC1.Cl.Cl. The Morgan fingerprint density at radius 2 is 2.00 bits per heavy atom. The Bertz CT molecular complexity index is 420. The average Bonchev–Trinajstić information content (AvgIpc) is 2.37. The van der Waals surface area contributed by atoms with Gasteiger partial charge in [0.25, 0.3) is 0 Å². The molecule has 0 aliphatic carbocycles. The molecule has 0 amide bonds. The molecule has 0 bridgehead atoms. The second kappa shape index (κ2) is 10.0. The van der Waals surface area contributed by atoms with Crippen LogP contribution in [0.25, 0.3) is 0 Å². The summed E-state index contributed by atoms with van der Waals surface area (Å²) in [5, 5.41) is 3.42. The van der Waals surface area contributed by atoms with E-state index in [2.05, 4.69) is 70.6 Å². The second-order valence-corrected chi connectivity index (χ2v) is 6.26. The fourth-order valence-electron chi connectivity index (χ4n) is 2.50. The number of nitrogens with one attached hydrogen (secondary N) is 1. The van der Waals surface area contributed by atoms with Gasteiger partial charge in [0.1, 0.15) is 0 Å². The molecular formula is C15H23Cl2IN2. The number of halogens is 3. The van der Waals surface area contributed by atoms with Crippen LogP contribution in [-0.2, 0) is 0 Å². The summed E-state index contributed by atoms with van der Waals surface area (Å²) in [6.07, 6.45) is 1.06. The number of piperazine rings is 1. The molecule has 1 fully saturated rings. The molecule has 5 heteroatoms. The summed E-state index contributed by atoms with van der Waals surface area (Å²) < 4.78 is 1.31. The molecule has 2 nitrogen and oxygen atoms in total. The predicted molar refractivity (Wildman–Crippen MR) is 100 cm³/mol. The molecular weight excluding hydrogens is 406 g/mol. The highest BCUT2D eigenvalue weighted by Gasteiger charge is 2.22. The number of hydrogen-bond acceptors (Lipinski definition) is 2. The minimum atomic E-state index is 0. The fraction of sp³-hybridized carbons (Fsp3) is 0.467. The Kier molecular flexibility index (Phi) is 10.1. The molecule has 1 aliphatic rings. The van der Waals surface area contributed by atoms with Gasteiger partial charge in [-0.2, -0.15) is 0 Å². The van der Waals surface area contributed by atoms with Crippen LogP contribution in [0.2, 0.25) is 0 Å². The molecule has 20 heavy (non-hydrogen) atoms. The summed E-state index contributed by atoms with van der Waals surface area (Å²) in [5.74, 6) is 0. The first-order valence-electron chi connectivity index (χ1n) is 6.51. The number of hydrogen-bond donors (Lipinski definition) is 1. The third kappa shape index (κ3) is 5.90. The van der Waals surface area contributed by atoms with Gasteiger partial charge in [0, 0.05) is 35.8 Å². The molecule has 1 aliphatic heterocycles. The maximum absolute atomic E-state index is 4.09. The lowest BCUT2D eigenvalue weighted by molar-refractivity contribution is 0.172. The largest absolute Gasteiger partial charge is 0.314 e. The minimum Gasteiger partial charge on any atom is -0.314 e. The Balaban J connectivity index is 0.00000180. The Hall–Kier alpha value is 0.190. The van der Waals surface area contributed by atoms with Crippen molar-refractivity contribution in [1.29, 1.82) is 0 Å². The molecule has 1 aromatic carbocycles. The first-order chi connectivity index (χ1) is 8.66. The van der Waals surface area contributed by atoms with Crippen molar-refractivity contribution in [1.82, 2.24) is 10.2 Å². The van der Waals surface area contributed by atoms with E-state index in [1.165, 1.54) is 14.7 Å². The van der Waals surface area contributed by atoms with Crippen molar-refractivity contribution in [2.24, 2.45) is 0 Å². The molecule has 0 saturated carbocycles. The number of benzene rings is 1. The zero-order valence-corrected chi connectivity index (χ0v) is 15.6. The molecule has 1 atom stereocenters. The van der Waals surface area contributed by atoms with Crippen molar-refractivity contribution in [3.05, 3.63) is 45.6 Å². The lowest BCUT2D eigenvalue weighted by Gasteiger charge is -2.35. The van der Waals surface area contributed by atoms with Gasteiger partial charge in [-0.05, 0) is 53.6 Å². The van der Waals surface area contributed by atoms with Crippen molar-refractivity contribution >= 4 is 47.4 Å². The Labute approximate surface area is 148 Å². The summed E-state index contributed by atoms with van der Waals surface area (Å²) in [6, 6.07) is 9.34. The van der Waals surface area contributed by atoms with E-state index in [9.17, 15) is 0 Å². The minimum absolute atomic E-state index is 0. The normalized spacial score (nSPS) is 16.7. The molecule has 0 aromatic heterocycles. The predicted octanol–water partition coefficient (Wildman–Crippen LogP) is 4.05. The quantitative estimate of drug-likeness (QED) is 0.574.